The van der Waals surface area contributed by atoms with Crippen molar-refractivity contribution in [3.63, 3.8) is 0 Å². The Labute approximate surface area is 189 Å². The third-order valence-electron chi connectivity index (χ3n) is 4.31. The molecule has 0 saturated heterocycles. The number of hydrogen-bond acceptors (Lipinski definition) is 8. The molecular formula is C21H24FNO6S2. The Morgan fingerprint density at radius 1 is 1.23 bits per heavy atom. The lowest BCUT2D eigenvalue weighted by Gasteiger charge is -2.26. The molecule has 0 aliphatic heterocycles. The van der Waals surface area contributed by atoms with Crippen molar-refractivity contribution in [3.05, 3.63) is 53.8 Å². The number of thioether (sulfide) groups is 1. The molecule has 7 nitrogen and oxygen atoms in total. The zero-order valence-electron chi connectivity index (χ0n) is 17.0. The number of nitrogens with one attached hydrogen (secondary N) is 1. The number of thiol groups is 1. The molecule has 168 valence electrons. The number of carbonyl (C=O) groups is 2. The first-order valence-electron chi connectivity index (χ1n) is 9.27. The Kier molecular flexibility index (Phi) is 9.96. The molecule has 0 spiro atoms. The van der Waals surface area contributed by atoms with E-state index >= 15 is 0 Å². The van der Waals surface area contributed by atoms with Crippen LogP contribution in [0.1, 0.15) is 18.1 Å². The normalized spacial score (nSPS) is 12.6. The Balaban J connectivity index is 2.17. The van der Waals surface area contributed by atoms with Crippen LogP contribution in [0.15, 0.2) is 47.4 Å². The molecule has 10 heteroatoms. The summed E-state index contributed by atoms with van der Waals surface area (Å²) >= 11 is 5.40. The summed E-state index contributed by atoms with van der Waals surface area (Å²) < 4.78 is 29.9. The number of hydrogen-bond donors (Lipinski definition) is 3. The third kappa shape index (κ3) is 7.64. The van der Waals surface area contributed by atoms with Crippen LogP contribution in [-0.2, 0) is 19.0 Å². The number of anilines is 1. The van der Waals surface area contributed by atoms with E-state index in [1.165, 1.54) is 13.2 Å². The molecule has 2 atom stereocenters. The lowest BCUT2D eigenvalue weighted by Crippen LogP contribution is -2.29. The summed E-state index contributed by atoms with van der Waals surface area (Å²) in [5.74, 6) is -1.97. The van der Waals surface area contributed by atoms with Gasteiger partial charge in [-0.3, -0.25) is 10.1 Å². The van der Waals surface area contributed by atoms with E-state index in [9.17, 15) is 19.1 Å². The number of aromatic hydroxyl groups is 1. The van der Waals surface area contributed by atoms with E-state index in [4.69, 9.17) is 14.2 Å². The molecule has 2 rings (SSSR count). The van der Waals surface area contributed by atoms with E-state index in [0.29, 0.717) is 5.69 Å². The average molecular weight is 470 g/mol. The van der Waals surface area contributed by atoms with Gasteiger partial charge in [0.25, 0.3) is 0 Å². The zero-order chi connectivity index (χ0) is 22.8. The first-order valence-corrected chi connectivity index (χ1v) is 11.1. The molecule has 0 aromatic heterocycles. The molecule has 0 fully saturated rings. The van der Waals surface area contributed by atoms with Crippen molar-refractivity contribution in [3.8, 4) is 5.75 Å². The molecule has 0 heterocycles. The monoisotopic (exact) mass is 469 g/mol. The van der Waals surface area contributed by atoms with Crippen LogP contribution in [0.5, 0.6) is 5.75 Å². The van der Waals surface area contributed by atoms with Gasteiger partial charge in [-0.15, -0.1) is 11.8 Å². The number of rotatable bonds is 10. The molecule has 31 heavy (non-hydrogen) atoms. The minimum Gasteiger partial charge on any atom is -0.505 e. The molecule has 0 unspecified atom stereocenters. The van der Waals surface area contributed by atoms with Crippen molar-refractivity contribution in [2.24, 2.45) is 0 Å². The minimum absolute atomic E-state index is 0.00388. The van der Waals surface area contributed by atoms with E-state index in [-0.39, 0.29) is 24.3 Å². The Morgan fingerprint density at radius 3 is 2.52 bits per heavy atom. The number of halogens is 1. The van der Waals surface area contributed by atoms with Crippen LogP contribution in [-0.4, -0.2) is 49.0 Å². The Bertz CT molecular complexity index is 881. The standard InChI is InChI=1S/C21H24FNO6S2/c1-27-18(9-10-28-19(25)12-30)20(13-3-8-17(24)16(22)11-13)29-21(26)23-14-4-6-15(31-2)7-5-14/h3-8,11,18,20,24,30H,9-10,12H2,1-2H3,(H,23,26)/t18-,20-/m0/s1. The van der Waals surface area contributed by atoms with E-state index in [0.717, 1.165) is 17.0 Å². The molecule has 0 aliphatic rings. The highest BCUT2D eigenvalue weighted by molar-refractivity contribution is 7.98. The summed E-state index contributed by atoms with van der Waals surface area (Å²) in [7, 11) is 1.40. The second-order valence-corrected chi connectivity index (χ2v) is 7.53. The molecule has 2 N–H and O–H groups in total. The highest BCUT2D eigenvalue weighted by atomic mass is 32.2. The molecule has 2 aromatic carbocycles. The minimum atomic E-state index is -1.03. The summed E-state index contributed by atoms with van der Waals surface area (Å²) in [6.45, 7) is -0.00388. The summed E-state index contributed by atoms with van der Waals surface area (Å²) in [5.41, 5.74) is 0.797. The van der Waals surface area contributed by atoms with Crippen LogP contribution < -0.4 is 5.32 Å². The third-order valence-corrected chi connectivity index (χ3v) is 5.31. The highest BCUT2D eigenvalue weighted by Crippen LogP contribution is 2.29. The summed E-state index contributed by atoms with van der Waals surface area (Å²) in [4.78, 5) is 24.9. The molecule has 0 saturated carbocycles. The fourth-order valence-electron chi connectivity index (χ4n) is 2.72. The number of ether oxygens (including phenoxy) is 3. The van der Waals surface area contributed by atoms with Crippen molar-refractivity contribution in [1.82, 2.24) is 0 Å². The van der Waals surface area contributed by atoms with Gasteiger partial charge in [0.15, 0.2) is 17.7 Å². The maximum atomic E-state index is 13.9. The number of methoxy groups -OCH3 is 1. The van der Waals surface area contributed by atoms with Gasteiger partial charge in [-0.05, 0) is 48.2 Å². The van der Waals surface area contributed by atoms with Gasteiger partial charge in [-0.25, -0.2) is 9.18 Å². The zero-order valence-corrected chi connectivity index (χ0v) is 18.8. The van der Waals surface area contributed by atoms with Crippen LogP contribution in [0.25, 0.3) is 0 Å². The number of phenols is 1. The fourth-order valence-corrected chi connectivity index (χ4v) is 3.22. The predicted molar refractivity (Wildman–Crippen MR) is 119 cm³/mol. The summed E-state index contributed by atoms with van der Waals surface area (Å²) in [6, 6.07) is 10.8. The fraction of sp³-hybridized carbons (Fsp3) is 0.333. The number of carbonyl (C=O) groups excluding carboxylic acids is 2. The van der Waals surface area contributed by atoms with Crippen LogP contribution in [0.4, 0.5) is 14.9 Å². The van der Waals surface area contributed by atoms with Gasteiger partial charge in [-0.2, -0.15) is 12.6 Å². The molecule has 0 aliphatic carbocycles. The highest BCUT2D eigenvalue weighted by Gasteiger charge is 2.28. The van der Waals surface area contributed by atoms with Gasteiger partial charge in [-0.1, -0.05) is 6.07 Å². The van der Waals surface area contributed by atoms with E-state index in [2.05, 4.69) is 17.9 Å². The Morgan fingerprint density at radius 2 is 1.94 bits per heavy atom. The second-order valence-electron chi connectivity index (χ2n) is 6.33. The first kappa shape index (κ1) is 24.8. The average Bonchev–Trinajstić information content (AvgIpc) is 2.77. The molecular weight excluding hydrogens is 445 g/mol. The second kappa shape index (κ2) is 12.4. The molecule has 1 amide bonds. The lowest BCUT2D eigenvalue weighted by atomic mass is 10.0. The van der Waals surface area contributed by atoms with Gasteiger partial charge in [0, 0.05) is 24.1 Å². The SMILES string of the molecule is CO[C@@H](CCOC(=O)CS)[C@@H](OC(=O)Nc1ccc(SC)cc1)c1ccc(O)c(F)c1. The van der Waals surface area contributed by atoms with Gasteiger partial charge in [0.1, 0.15) is 6.10 Å². The van der Waals surface area contributed by atoms with Gasteiger partial charge < -0.3 is 19.3 Å². The summed E-state index contributed by atoms with van der Waals surface area (Å²) in [6.07, 6.45) is -0.429. The van der Waals surface area contributed by atoms with Crippen LogP contribution >= 0.6 is 24.4 Å². The molecule has 0 bridgehead atoms. The van der Waals surface area contributed by atoms with Crippen LogP contribution in [0.3, 0.4) is 0 Å². The van der Waals surface area contributed by atoms with Crippen LogP contribution in [0.2, 0.25) is 0 Å². The Hall–Kier alpha value is -2.43. The quantitative estimate of drug-likeness (QED) is 0.269. The number of amides is 1. The summed E-state index contributed by atoms with van der Waals surface area (Å²) in [5, 5.41) is 12.1. The maximum Gasteiger partial charge on any atom is 0.412 e. The van der Waals surface area contributed by atoms with Gasteiger partial charge in [0.2, 0.25) is 0 Å². The smallest absolute Gasteiger partial charge is 0.412 e. The number of esters is 1. The topological polar surface area (TPSA) is 94.1 Å². The van der Waals surface area contributed by atoms with Crippen molar-refractivity contribution in [2.75, 3.05) is 31.0 Å². The molecule has 2 aromatic rings. The van der Waals surface area contributed by atoms with Gasteiger partial charge in [0.05, 0.1) is 12.4 Å². The van der Waals surface area contributed by atoms with Crippen LogP contribution in [0, 0.1) is 5.82 Å². The van der Waals surface area contributed by atoms with Gasteiger partial charge >= 0.3 is 12.1 Å². The lowest BCUT2D eigenvalue weighted by molar-refractivity contribution is -0.141. The maximum absolute atomic E-state index is 13.9. The van der Waals surface area contributed by atoms with E-state index in [1.807, 2.05) is 18.4 Å². The van der Waals surface area contributed by atoms with E-state index < -0.39 is 35.8 Å². The van der Waals surface area contributed by atoms with Crippen molar-refractivity contribution < 1.29 is 33.3 Å². The van der Waals surface area contributed by atoms with E-state index in [1.54, 1.807) is 23.9 Å². The van der Waals surface area contributed by atoms with Crippen molar-refractivity contribution >= 4 is 42.1 Å². The van der Waals surface area contributed by atoms with Crippen molar-refractivity contribution in [2.45, 2.75) is 23.5 Å². The largest absolute Gasteiger partial charge is 0.505 e. The van der Waals surface area contributed by atoms with Crippen molar-refractivity contribution in [1.29, 1.82) is 0 Å². The number of benzene rings is 2. The predicted octanol–water partition coefficient (Wildman–Crippen LogP) is 4.42. The molecule has 0 radical (unpaired) electrons. The number of phenolic OH excluding ortho intramolecular Hbond substituents is 1. The first-order chi connectivity index (χ1) is 14.9.